The number of nitrogens with one attached hydrogen (secondary N) is 1. The van der Waals surface area contributed by atoms with Crippen LogP contribution in [0.25, 0.3) is 10.9 Å². The van der Waals surface area contributed by atoms with Crippen molar-refractivity contribution < 1.29 is 9.31 Å². The fourth-order valence-corrected chi connectivity index (χ4v) is 1.27. The fraction of sp³-hybridized carbons (Fsp3) is 0. The Morgan fingerprint density at radius 2 is 2.23 bits per heavy atom. The lowest BCUT2D eigenvalue weighted by Crippen LogP contribution is -1.86. The van der Waals surface area contributed by atoms with Crippen LogP contribution in [0, 0.1) is 15.9 Å². The van der Waals surface area contributed by atoms with Gasteiger partial charge in [0.2, 0.25) is 0 Å². The second-order valence-corrected chi connectivity index (χ2v) is 2.59. The monoisotopic (exact) mass is 180 g/mol. The summed E-state index contributed by atoms with van der Waals surface area (Å²) in [5, 5.41) is 10.5. The molecular weight excluding hydrogens is 175 g/mol. The minimum atomic E-state index is -0.609. The SMILES string of the molecule is O=[N+]([O-])c1c[nH]c2cccc(F)c12. The summed E-state index contributed by atoms with van der Waals surface area (Å²) in [6.07, 6.45) is 1.19. The Balaban J connectivity index is 2.86. The van der Waals surface area contributed by atoms with Crippen molar-refractivity contribution in [2.24, 2.45) is 0 Å². The van der Waals surface area contributed by atoms with Gasteiger partial charge in [-0.25, -0.2) is 4.39 Å². The van der Waals surface area contributed by atoms with Crippen LogP contribution in [-0.4, -0.2) is 9.91 Å². The summed E-state index contributed by atoms with van der Waals surface area (Å²) in [4.78, 5) is 12.5. The normalized spacial score (nSPS) is 10.5. The average Bonchev–Trinajstić information content (AvgIpc) is 2.49. The molecule has 13 heavy (non-hydrogen) atoms. The van der Waals surface area contributed by atoms with E-state index in [1.807, 2.05) is 0 Å². The first-order chi connectivity index (χ1) is 6.20. The lowest BCUT2D eigenvalue weighted by molar-refractivity contribution is -0.383. The molecular formula is C8H5FN2O2. The predicted molar refractivity (Wildman–Crippen MR) is 44.9 cm³/mol. The zero-order valence-corrected chi connectivity index (χ0v) is 6.45. The van der Waals surface area contributed by atoms with Crippen LogP contribution >= 0.6 is 0 Å². The Morgan fingerprint density at radius 1 is 1.46 bits per heavy atom. The molecule has 0 radical (unpaired) electrons. The number of aromatic nitrogens is 1. The standard InChI is InChI=1S/C8H5FN2O2/c9-5-2-1-3-6-8(5)7(4-10-6)11(12)13/h1-4,10H. The maximum atomic E-state index is 13.1. The third-order valence-electron chi connectivity index (χ3n) is 1.83. The van der Waals surface area contributed by atoms with Crippen LogP contribution < -0.4 is 0 Å². The third kappa shape index (κ3) is 1.05. The van der Waals surface area contributed by atoms with Crippen LogP contribution in [-0.2, 0) is 0 Å². The van der Waals surface area contributed by atoms with Gasteiger partial charge in [0.1, 0.15) is 11.2 Å². The van der Waals surface area contributed by atoms with Crippen molar-refractivity contribution in [2.45, 2.75) is 0 Å². The molecule has 0 saturated heterocycles. The molecule has 1 N–H and O–H groups in total. The molecule has 1 heterocycles. The van der Waals surface area contributed by atoms with E-state index >= 15 is 0 Å². The van der Waals surface area contributed by atoms with Gasteiger partial charge in [0, 0.05) is 0 Å². The first kappa shape index (κ1) is 7.72. The molecule has 0 unspecified atom stereocenters. The number of aromatic amines is 1. The van der Waals surface area contributed by atoms with E-state index in [2.05, 4.69) is 4.98 Å². The second kappa shape index (κ2) is 2.55. The first-order valence-corrected chi connectivity index (χ1v) is 3.60. The van der Waals surface area contributed by atoms with E-state index in [0.717, 1.165) is 0 Å². The zero-order chi connectivity index (χ0) is 9.42. The van der Waals surface area contributed by atoms with Crippen molar-refractivity contribution in [1.29, 1.82) is 0 Å². The first-order valence-electron chi connectivity index (χ1n) is 3.60. The Bertz CT molecular complexity index is 478. The lowest BCUT2D eigenvalue weighted by atomic mass is 10.2. The highest BCUT2D eigenvalue weighted by Gasteiger charge is 2.16. The molecule has 0 atom stereocenters. The molecule has 1 aromatic carbocycles. The number of rotatable bonds is 1. The van der Waals surface area contributed by atoms with Crippen LogP contribution in [0.15, 0.2) is 24.4 Å². The number of hydrogen-bond acceptors (Lipinski definition) is 2. The van der Waals surface area contributed by atoms with Crippen LogP contribution in [0.1, 0.15) is 0 Å². The molecule has 0 fully saturated rings. The van der Waals surface area contributed by atoms with Crippen molar-refractivity contribution in [3.8, 4) is 0 Å². The number of fused-ring (bicyclic) bond motifs is 1. The van der Waals surface area contributed by atoms with Crippen LogP contribution in [0.3, 0.4) is 0 Å². The van der Waals surface area contributed by atoms with Gasteiger partial charge in [-0.15, -0.1) is 0 Å². The summed E-state index contributed by atoms with van der Waals surface area (Å²) >= 11 is 0. The summed E-state index contributed by atoms with van der Waals surface area (Å²) in [5.41, 5.74) is 0.208. The maximum absolute atomic E-state index is 13.1. The molecule has 66 valence electrons. The molecule has 4 nitrogen and oxygen atoms in total. The highest BCUT2D eigenvalue weighted by Crippen LogP contribution is 2.26. The van der Waals surface area contributed by atoms with E-state index in [0.29, 0.717) is 5.52 Å². The Kier molecular flexibility index (Phi) is 1.51. The maximum Gasteiger partial charge on any atom is 0.297 e. The minimum absolute atomic E-state index is 0.0347. The lowest BCUT2D eigenvalue weighted by Gasteiger charge is -1.90. The molecule has 0 spiro atoms. The topological polar surface area (TPSA) is 58.9 Å². The van der Waals surface area contributed by atoms with Crippen molar-refractivity contribution >= 4 is 16.6 Å². The summed E-state index contributed by atoms with van der Waals surface area (Å²) in [6.45, 7) is 0. The van der Waals surface area contributed by atoms with E-state index in [4.69, 9.17) is 0 Å². The number of nitro groups is 1. The van der Waals surface area contributed by atoms with Gasteiger partial charge >= 0.3 is 0 Å². The summed E-state index contributed by atoms with van der Waals surface area (Å²) in [6, 6.07) is 4.28. The summed E-state index contributed by atoms with van der Waals surface area (Å²) in [7, 11) is 0. The molecule has 0 saturated carbocycles. The number of hydrogen-bond donors (Lipinski definition) is 1. The van der Waals surface area contributed by atoms with E-state index < -0.39 is 10.7 Å². The highest BCUT2D eigenvalue weighted by molar-refractivity contribution is 5.89. The van der Waals surface area contributed by atoms with Gasteiger partial charge in [-0.05, 0) is 12.1 Å². The summed E-state index contributed by atoms with van der Waals surface area (Å²) < 4.78 is 13.1. The van der Waals surface area contributed by atoms with Crippen molar-refractivity contribution in [3.05, 3.63) is 40.3 Å². The molecule has 0 aliphatic carbocycles. The minimum Gasteiger partial charge on any atom is -0.355 e. The van der Waals surface area contributed by atoms with E-state index in [1.54, 1.807) is 6.07 Å². The van der Waals surface area contributed by atoms with Crippen LogP contribution in [0.2, 0.25) is 0 Å². The number of H-pyrrole nitrogens is 1. The Labute approximate surface area is 72.1 Å². The molecule has 0 aliphatic rings. The zero-order valence-electron chi connectivity index (χ0n) is 6.45. The van der Waals surface area contributed by atoms with Gasteiger partial charge in [0.25, 0.3) is 5.69 Å². The molecule has 1 aromatic heterocycles. The number of halogens is 1. The third-order valence-corrected chi connectivity index (χ3v) is 1.83. The van der Waals surface area contributed by atoms with Gasteiger partial charge in [-0.1, -0.05) is 6.07 Å². The van der Waals surface area contributed by atoms with Gasteiger partial charge in [-0.2, -0.15) is 0 Å². The van der Waals surface area contributed by atoms with Gasteiger partial charge in [-0.3, -0.25) is 10.1 Å². The predicted octanol–water partition coefficient (Wildman–Crippen LogP) is 2.22. The summed E-state index contributed by atoms with van der Waals surface area (Å²) in [5.74, 6) is -0.578. The van der Waals surface area contributed by atoms with Gasteiger partial charge in [0.05, 0.1) is 16.6 Å². The van der Waals surface area contributed by atoms with E-state index in [9.17, 15) is 14.5 Å². The van der Waals surface area contributed by atoms with Crippen molar-refractivity contribution in [1.82, 2.24) is 4.98 Å². The highest BCUT2D eigenvalue weighted by atomic mass is 19.1. The quantitative estimate of drug-likeness (QED) is 0.540. The second-order valence-electron chi connectivity index (χ2n) is 2.59. The number of nitrogens with zero attached hydrogens (tertiary/aromatic N) is 1. The molecule has 0 bridgehead atoms. The van der Waals surface area contributed by atoms with Crippen molar-refractivity contribution in [2.75, 3.05) is 0 Å². The average molecular weight is 180 g/mol. The van der Waals surface area contributed by atoms with Crippen LogP contribution in [0.4, 0.5) is 10.1 Å². The molecule has 0 amide bonds. The Hall–Kier alpha value is -1.91. The van der Waals surface area contributed by atoms with E-state index in [-0.39, 0.29) is 11.1 Å². The smallest absolute Gasteiger partial charge is 0.297 e. The molecule has 5 heteroatoms. The van der Waals surface area contributed by atoms with Crippen molar-refractivity contribution in [3.63, 3.8) is 0 Å². The molecule has 2 aromatic rings. The van der Waals surface area contributed by atoms with E-state index in [1.165, 1.54) is 18.3 Å². The fourth-order valence-electron chi connectivity index (χ4n) is 1.27. The Morgan fingerprint density at radius 3 is 2.92 bits per heavy atom. The number of benzene rings is 1. The van der Waals surface area contributed by atoms with Crippen LogP contribution in [0.5, 0.6) is 0 Å². The molecule has 2 rings (SSSR count). The molecule has 0 aliphatic heterocycles. The largest absolute Gasteiger partial charge is 0.355 e. The van der Waals surface area contributed by atoms with Gasteiger partial charge < -0.3 is 4.98 Å². The van der Waals surface area contributed by atoms with Gasteiger partial charge in [0.15, 0.2) is 0 Å².